The second-order valence-corrected chi connectivity index (χ2v) is 4.11. The lowest BCUT2D eigenvalue weighted by Crippen LogP contribution is -2.16. The second-order valence-electron chi connectivity index (χ2n) is 4.11. The molecule has 0 N–H and O–H groups in total. The van der Waals surface area contributed by atoms with Crippen molar-refractivity contribution in [2.24, 2.45) is 0 Å². The molecule has 0 amide bonds. The van der Waals surface area contributed by atoms with Crippen LogP contribution in [0, 0.1) is 18.3 Å². The number of hydrogen-bond donors (Lipinski definition) is 0. The number of hydrogen-bond acceptors (Lipinski definition) is 3. The SMILES string of the molecule is Cc1cccc2nc(C(C)(C)C#N)nn12. The third-order valence-corrected chi connectivity index (χ3v) is 2.39. The van der Waals surface area contributed by atoms with Crippen LogP contribution in [-0.2, 0) is 5.41 Å². The zero-order valence-corrected chi connectivity index (χ0v) is 9.02. The van der Waals surface area contributed by atoms with Crippen molar-refractivity contribution in [1.82, 2.24) is 14.6 Å². The highest BCUT2D eigenvalue weighted by molar-refractivity contribution is 5.40. The highest BCUT2D eigenvalue weighted by Crippen LogP contribution is 2.19. The Balaban J connectivity index is 2.68. The molecule has 15 heavy (non-hydrogen) atoms. The maximum Gasteiger partial charge on any atom is 0.171 e. The van der Waals surface area contributed by atoms with Gasteiger partial charge >= 0.3 is 0 Å². The van der Waals surface area contributed by atoms with Gasteiger partial charge in [0.15, 0.2) is 11.5 Å². The van der Waals surface area contributed by atoms with Crippen LogP contribution >= 0.6 is 0 Å². The van der Waals surface area contributed by atoms with E-state index in [2.05, 4.69) is 16.2 Å². The zero-order valence-electron chi connectivity index (χ0n) is 9.02. The van der Waals surface area contributed by atoms with Crippen LogP contribution in [0.25, 0.3) is 5.65 Å². The molecule has 4 heteroatoms. The molecule has 0 radical (unpaired) electrons. The first-order valence-electron chi connectivity index (χ1n) is 4.79. The summed E-state index contributed by atoms with van der Waals surface area (Å²) in [6.45, 7) is 5.60. The Labute approximate surface area is 88.2 Å². The average Bonchev–Trinajstić information content (AvgIpc) is 2.64. The predicted octanol–water partition coefficient (Wildman–Crippen LogP) is 1.84. The van der Waals surface area contributed by atoms with Gasteiger partial charge in [0.05, 0.1) is 6.07 Å². The quantitative estimate of drug-likeness (QED) is 0.705. The summed E-state index contributed by atoms with van der Waals surface area (Å²) in [6, 6.07) is 7.98. The third-order valence-electron chi connectivity index (χ3n) is 2.39. The number of nitrogens with zero attached hydrogens (tertiary/aromatic N) is 4. The van der Waals surface area contributed by atoms with E-state index in [0.717, 1.165) is 11.3 Å². The molecule has 0 unspecified atom stereocenters. The Morgan fingerprint density at radius 3 is 2.73 bits per heavy atom. The zero-order chi connectivity index (χ0) is 11.1. The number of aromatic nitrogens is 3. The van der Waals surface area contributed by atoms with Crippen molar-refractivity contribution in [3.05, 3.63) is 29.7 Å². The number of fused-ring (bicyclic) bond motifs is 1. The minimum Gasteiger partial charge on any atom is -0.218 e. The van der Waals surface area contributed by atoms with E-state index in [9.17, 15) is 0 Å². The molecule has 2 aromatic heterocycles. The van der Waals surface area contributed by atoms with Gasteiger partial charge in [0.1, 0.15) is 5.41 Å². The van der Waals surface area contributed by atoms with Gasteiger partial charge in [-0.3, -0.25) is 0 Å². The molecule has 4 nitrogen and oxygen atoms in total. The van der Waals surface area contributed by atoms with E-state index in [-0.39, 0.29) is 0 Å². The van der Waals surface area contributed by atoms with Gasteiger partial charge in [0.25, 0.3) is 0 Å². The van der Waals surface area contributed by atoms with Crippen molar-refractivity contribution < 1.29 is 0 Å². The Kier molecular flexibility index (Phi) is 1.97. The van der Waals surface area contributed by atoms with Crippen LogP contribution < -0.4 is 0 Å². The van der Waals surface area contributed by atoms with Crippen LogP contribution in [0.15, 0.2) is 18.2 Å². The lowest BCUT2D eigenvalue weighted by molar-refractivity contribution is 0.626. The number of pyridine rings is 1. The minimum atomic E-state index is -0.640. The lowest BCUT2D eigenvalue weighted by atomic mass is 9.95. The monoisotopic (exact) mass is 200 g/mol. The van der Waals surface area contributed by atoms with E-state index in [0.29, 0.717) is 5.82 Å². The lowest BCUT2D eigenvalue weighted by Gasteiger charge is -2.08. The first-order chi connectivity index (χ1) is 7.04. The molecule has 0 aliphatic carbocycles. The minimum absolute atomic E-state index is 0.569. The van der Waals surface area contributed by atoms with Gasteiger partial charge in [-0.05, 0) is 32.9 Å². The van der Waals surface area contributed by atoms with Crippen molar-refractivity contribution in [2.75, 3.05) is 0 Å². The van der Waals surface area contributed by atoms with Crippen molar-refractivity contribution >= 4 is 5.65 Å². The molecular weight excluding hydrogens is 188 g/mol. The standard InChI is InChI=1S/C11H12N4/c1-8-5-4-6-9-13-10(14-15(8)9)11(2,3)7-12/h4-6H,1-3H3. The fraction of sp³-hybridized carbons (Fsp3) is 0.364. The van der Waals surface area contributed by atoms with Gasteiger partial charge in [-0.25, -0.2) is 9.50 Å². The molecule has 2 aromatic rings. The fourth-order valence-electron chi connectivity index (χ4n) is 1.35. The maximum absolute atomic E-state index is 9.00. The third kappa shape index (κ3) is 1.46. The summed E-state index contributed by atoms with van der Waals surface area (Å²) in [5.41, 5.74) is 1.16. The van der Waals surface area contributed by atoms with Crippen LogP contribution in [0.2, 0.25) is 0 Å². The summed E-state index contributed by atoms with van der Waals surface area (Å²) in [7, 11) is 0. The Morgan fingerprint density at radius 1 is 1.40 bits per heavy atom. The van der Waals surface area contributed by atoms with E-state index in [4.69, 9.17) is 5.26 Å². The molecule has 0 aliphatic heterocycles. The summed E-state index contributed by atoms with van der Waals surface area (Å²) in [6.07, 6.45) is 0. The van der Waals surface area contributed by atoms with Crippen molar-refractivity contribution in [2.45, 2.75) is 26.2 Å². The molecule has 0 aromatic carbocycles. The molecule has 0 spiro atoms. The van der Waals surface area contributed by atoms with Crippen molar-refractivity contribution in [3.63, 3.8) is 0 Å². The molecule has 0 fully saturated rings. The van der Waals surface area contributed by atoms with Crippen molar-refractivity contribution in [1.29, 1.82) is 5.26 Å². The van der Waals surface area contributed by atoms with E-state index in [1.807, 2.05) is 39.0 Å². The Bertz CT molecular complexity index is 545. The molecule has 0 saturated heterocycles. The second kappa shape index (κ2) is 3.06. The fourth-order valence-corrected chi connectivity index (χ4v) is 1.35. The summed E-state index contributed by atoms with van der Waals surface area (Å²) in [5.74, 6) is 0.569. The average molecular weight is 200 g/mol. The van der Waals surface area contributed by atoms with Gasteiger partial charge in [-0.2, -0.15) is 5.26 Å². The van der Waals surface area contributed by atoms with Crippen LogP contribution in [0.5, 0.6) is 0 Å². The summed E-state index contributed by atoms with van der Waals surface area (Å²) < 4.78 is 1.76. The first kappa shape index (κ1) is 9.66. The molecule has 76 valence electrons. The van der Waals surface area contributed by atoms with Gasteiger partial charge in [-0.15, -0.1) is 5.10 Å². The van der Waals surface area contributed by atoms with Gasteiger partial charge < -0.3 is 0 Å². The number of aryl methyl sites for hydroxylation is 1. The Hall–Kier alpha value is -1.89. The summed E-state index contributed by atoms with van der Waals surface area (Å²) >= 11 is 0. The van der Waals surface area contributed by atoms with Crippen LogP contribution in [0.4, 0.5) is 0 Å². The molecule has 0 bridgehead atoms. The van der Waals surface area contributed by atoms with Crippen molar-refractivity contribution in [3.8, 4) is 6.07 Å². The maximum atomic E-state index is 9.00. The van der Waals surface area contributed by atoms with E-state index < -0.39 is 5.41 Å². The number of nitriles is 1. The van der Waals surface area contributed by atoms with Gasteiger partial charge in [-0.1, -0.05) is 6.07 Å². The van der Waals surface area contributed by atoms with E-state index in [1.54, 1.807) is 4.52 Å². The molecule has 2 rings (SSSR count). The van der Waals surface area contributed by atoms with E-state index >= 15 is 0 Å². The number of rotatable bonds is 1. The van der Waals surface area contributed by atoms with Crippen LogP contribution in [0.1, 0.15) is 25.4 Å². The predicted molar refractivity (Wildman–Crippen MR) is 56.4 cm³/mol. The van der Waals surface area contributed by atoms with E-state index in [1.165, 1.54) is 0 Å². The van der Waals surface area contributed by atoms with Crippen LogP contribution in [-0.4, -0.2) is 14.6 Å². The highest BCUT2D eigenvalue weighted by Gasteiger charge is 2.25. The van der Waals surface area contributed by atoms with Gasteiger partial charge in [0.2, 0.25) is 0 Å². The largest absolute Gasteiger partial charge is 0.218 e. The summed E-state index contributed by atoms with van der Waals surface area (Å²) in [5, 5.41) is 13.3. The normalized spacial score (nSPS) is 11.6. The molecular formula is C11H12N4. The Morgan fingerprint density at radius 2 is 2.13 bits per heavy atom. The topological polar surface area (TPSA) is 54.0 Å². The smallest absolute Gasteiger partial charge is 0.171 e. The molecule has 0 saturated carbocycles. The molecule has 0 atom stereocenters. The first-order valence-corrected chi connectivity index (χ1v) is 4.79. The highest BCUT2D eigenvalue weighted by atomic mass is 15.3. The summed E-state index contributed by atoms with van der Waals surface area (Å²) in [4.78, 5) is 4.35. The molecule has 0 aliphatic rings. The van der Waals surface area contributed by atoms with Gasteiger partial charge in [0, 0.05) is 5.69 Å². The van der Waals surface area contributed by atoms with Crippen LogP contribution in [0.3, 0.4) is 0 Å². The molecule has 2 heterocycles.